The number of thiophene rings is 1. The molecule has 1 fully saturated rings. The van der Waals surface area contributed by atoms with Crippen molar-refractivity contribution in [3.63, 3.8) is 0 Å². The lowest BCUT2D eigenvalue weighted by Crippen LogP contribution is -2.42. The van der Waals surface area contributed by atoms with Crippen molar-refractivity contribution < 1.29 is 4.79 Å². The monoisotopic (exact) mass is 466 g/mol. The highest BCUT2D eigenvalue weighted by molar-refractivity contribution is 7.12. The lowest BCUT2D eigenvalue weighted by atomic mass is 10.0. The van der Waals surface area contributed by atoms with Crippen molar-refractivity contribution in [2.24, 2.45) is 0 Å². The van der Waals surface area contributed by atoms with Crippen LogP contribution in [0.15, 0.2) is 60.0 Å². The highest BCUT2D eigenvalue weighted by Crippen LogP contribution is 2.31. The second kappa shape index (κ2) is 10.7. The number of rotatable bonds is 6. The molecule has 1 aromatic heterocycles. The van der Waals surface area contributed by atoms with E-state index in [0.29, 0.717) is 10.9 Å². The number of benzene rings is 2. The summed E-state index contributed by atoms with van der Waals surface area (Å²) < 4.78 is 0. The van der Waals surface area contributed by atoms with Gasteiger partial charge < -0.3 is 5.32 Å². The Balaban J connectivity index is 1.38. The first-order valence-electron chi connectivity index (χ1n) is 11.4. The zero-order chi connectivity index (χ0) is 22.5. The lowest BCUT2D eigenvalue weighted by molar-refractivity contribution is 0.0929. The number of hydrogen-bond acceptors (Lipinski definition) is 3. The number of hydrogen-bond donors (Lipinski definition) is 1. The van der Waals surface area contributed by atoms with Crippen molar-refractivity contribution >= 4 is 28.8 Å². The van der Waals surface area contributed by atoms with Gasteiger partial charge in [0.2, 0.25) is 0 Å². The maximum absolute atomic E-state index is 13.0. The number of carbonyl (C=O) groups is 1. The van der Waals surface area contributed by atoms with Gasteiger partial charge in [0.1, 0.15) is 0 Å². The molecule has 1 amide bonds. The third-order valence-corrected chi connectivity index (χ3v) is 7.41. The molecular formula is C27H31ClN2OS. The third kappa shape index (κ3) is 5.80. The highest BCUT2D eigenvalue weighted by Gasteiger charge is 2.21. The molecule has 168 valence electrons. The Labute approximate surface area is 200 Å². The summed E-state index contributed by atoms with van der Waals surface area (Å²) in [6, 6.07) is 18.9. The van der Waals surface area contributed by atoms with Gasteiger partial charge in [0.05, 0.1) is 4.88 Å². The van der Waals surface area contributed by atoms with Crippen LogP contribution in [0.4, 0.5) is 0 Å². The Morgan fingerprint density at radius 1 is 1.16 bits per heavy atom. The SMILES string of the molecule is CC(C)c1ccc(CN2CCCCC(NC(=O)c3cc(-c4ccccc4Cl)cs3)C2)cc1. The first-order valence-corrected chi connectivity index (χ1v) is 12.7. The van der Waals surface area contributed by atoms with Gasteiger partial charge in [0, 0.05) is 29.7 Å². The van der Waals surface area contributed by atoms with E-state index >= 15 is 0 Å². The van der Waals surface area contributed by atoms with E-state index in [-0.39, 0.29) is 11.9 Å². The van der Waals surface area contributed by atoms with E-state index in [1.165, 1.54) is 28.9 Å². The van der Waals surface area contributed by atoms with E-state index in [1.54, 1.807) is 0 Å². The summed E-state index contributed by atoms with van der Waals surface area (Å²) in [6.45, 7) is 7.35. The van der Waals surface area contributed by atoms with Crippen LogP contribution in [-0.4, -0.2) is 29.9 Å². The fraction of sp³-hybridized carbons (Fsp3) is 0.370. The molecule has 1 saturated heterocycles. The predicted molar refractivity (Wildman–Crippen MR) is 136 cm³/mol. The summed E-state index contributed by atoms with van der Waals surface area (Å²) in [6.07, 6.45) is 3.34. The van der Waals surface area contributed by atoms with Gasteiger partial charge in [0.15, 0.2) is 0 Å². The standard InChI is InChI=1S/C27H31ClN2OS/c1-19(2)21-12-10-20(11-13-21)16-30-14-6-5-7-23(17-30)29-27(31)26-15-22(18-32-26)24-8-3-4-9-25(24)28/h3-4,8-13,15,18-19,23H,5-7,14,16-17H2,1-2H3,(H,29,31). The zero-order valence-corrected chi connectivity index (χ0v) is 20.4. The molecule has 2 heterocycles. The Morgan fingerprint density at radius 2 is 1.94 bits per heavy atom. The van der Waals surface area contributed by atoms with Crippen LogP contribution >= 0.6 is 22.9 Å². The maximum Gasteiger partial charge on any atom is 0.261 e. The first-order chi connectivity index (χ1) is 15.5. The summed E-state index contributed by atoms with van der Waals surface area (Å²) in [5, 5.41) is 6.01. The largest absolute Gasteiger partial charge is 0.347 e. The predicted octanol–water partition coefficient (Wildman–Crippen LogP) is 6.98. The Bertz CT molecular complexity index is 1040. The fourth-order valence-electron chi connectivity index (χ4n) is 4.30. The molecule has 1 unspecified atom stereocenters. The molecular weight excluding hydrogens is 436 g/mol. The maximum atomic E-state index is 13.0. The topological polar surface area (TPSA) is 32.3 Å². The van der Waals surface area contributed by atoms with Crippen molar-refractivity contribution in [3.8, 4) is 11.1 Å². The second-order valence-corrected chi connectivity index (χ2v) is 10.3. The minimum absolute atomic E-state index is 0.0152. The first kappa shape index (κ1) is 23.0. The Hall–Kier alpha value is -2.14. The number of nitrogens with zero attached hydrogens (tertiary/aromatic N) is 1. The van der Waals surface area contributed by atoms with Crippen LogP contribution in [0.3, 0.4) is 0 Å². The van der Waals surface area contributed by atoms with E-state index in [9.17, 15) is 4.79 Å². The average molecular weight is 467 g/mol. The number of carbonyl (C=O) groups excluding carboxylic acids is 1. The number of likely N-dealkylation sites (tertiary alicyclic amines) is 1. The molecule has 0 bridgehead atoms. The molecule has 1 N–H and O–H groups in total. The van der Waals surface area contributed by atoms with E-state index in [4.69, 9.17) is 11.6 Å². The van der Waals surface area contributed by atoms with Gasteiger partial charge in [-0.25, -0.2) is 0 Å². The summed E-state index contributed by atoms with van der Waals surface area (Å²) in [5.74, 6) is 0.568. The quantitative estimate of drug-likeness (QED) is 0.425. The summed E-state index contributed by atoms with van der Waals surface area (Å²) >= 11 is 7.80. The number of halogens is 1. The summed E-state index contributed by atoms with van der Waals surface area (Å²) in [7, 11) is 0. The molecule has 5 heteroatoms. The molecule has 1 aliphatic rings. The van der Waals surface area contributed by atoms with Crippen LogP contribution in [0.5, 0.6) is 0 Å². The Kier molecular flexibility index (Phi) is 7.67. The molecule has 0 aliphatic carbocycles. The van der Waals surface area contributed by atoms with Gasteiger partial charge in [0.25, 0.3) is 5.91 Å². The van der Waals surface area contributed by atoms with E-state index in [2.05, 4.69) is 48.3 Å². The molecule has 3 nitrogen and oxygen atoms in total. The minimum atomic E-state index is 0.0152. The second-order valence-electron chi connectivity index (χ2n) is 8.98. The molecule has 2 aromatic carbocycles. The molecule has 0 saturated carbocycles. The van der Waals surface area contributed by atoms with Crippen molar-refractivity contribution in [2.75, 3.05) is 13.1 Å². The molecule has 0 radical (unpaired) electrons. The smallest absolute Gasteiger partial charge is 0.261 e. The molecule has 32 heavy (non-hydrogen) atoms. The van der Waals surface area contributed by atoms with Gasteiger partial charge in [-0.3, -0.25) is 9.69 Å². The number of amides is 1. The van der Waals surface area contributed by atoms with Crippen LogP contribution in [0.1, 0.15) is 59.8 Å². The van der Waals surface area contributed by atoms with Crippen molar-refractivity contribution in [1.82, 2.24) is 10.2 Å². The van der Waals surface area contributed by atoms with Crippen LogP contribution in [0.2, 0.25) is 5.02 Å². The summed E-state index contributed by atoms with van der Waals surface area (Å²) in [4.78, 5) is 16.2. The number of nitrogens with one attached hydrogen (secondary N) is 1. The van der Waals surface area contributed by atoms with Crippen LogP contribution < -0.4 is 5.32 Å². The van der Waals surface area contributed by atoms with Crippen LogP contribution in [-0.2, 0) is 6.54 Å². The van der Waals surface area contributed by atoms with Crippen molar-refractivity contribution in [3.05, 3.63) is 81.0 Å². The van der Waals surface area contributed by atoms with E-state index in [0.717, 1.165) is 48.5 Å². The highest BCUT2D eigenvalue weighted by atomic mass is 35.5. The van der Waals surface area contributed by atoms with E-state index < -0.39 is 0 Å². The molecule has 4 rings (SSSR count). The molecule has 3 aromatic rings. The normalized spacial score (nSPS) is 17.3. The van der Waals surface area contributed by atoms with Gasteiger partial charge in [-0.15, -0.1) is 11.3 Å². The van der Waals surface area contributed by atoms with Gasteiger partial charge in [-0.05, 0) is 59.5 Å². The lowest BCUT2D eigenvalue weighted by Gasteiger charge is -2.25. The van der Waals surface area contributed by atoms with Crippen LogP contribution in [0.25, 0.3) is 11.1 Å². The van der Waals surface area contributed by atoms with Gasteiger partial charge >= 0.3 is 0 Å². The average Bonchev–Trinajstić information content (AvgIpc) is 3.17. The molecule has 1 atom stereocenters. The minimum Gasteiger partial charge on any atom is -0.347 e. The van der Waals surface area contributed by atoms with E-state index in [1.807, 2.05) is 35.7 Å². The summed E-state index contributed by atoms with van der Waals surface area (Å²) in [5.41, 5.74) is 4.68. The van der Waals surface area contributed by atoms with Gasteiger partial charge in [-0.2, -0.15) is 0 Å². The van der Waals surface area contributed by atoms with Crippen molar-refractivity contribution in [2.45, 2.75) is 51.6 Å². The van der Waals surface area contributed by atoms with Gasteiger partial charge in [-0.1, -0.05) is 74.3 Å². The zero-order valence-electron chi connectivity index (χ0n) is 18.8. The Morgan fingerprint density at radius 3 is 2.69 bits per heavy atom. The third-order valence-electron chi connectivity index (χ3n) is 6.15. The molecule has 1 aliphatic heterocycles. The van der Waals surface area contributed by atoms with Crippen molar-refractivity contribution in [1.29, 1.82) is 0 Å². The van der Waals surface area contributed by atoms with Crippen LogP contribution in [0, 0.1) is 0 Å². The molecule has 0 spiro atoms. The fourth-order valence-corrected chi connectivity index (χ4v) is 5.35.